The molecular formula is C25H37NO3. The Bertz CT molecular complexity index is 788. The highest BCUT2D eigenvalue weighted by molar-refractivity contribution is 6.00. The van der Waals surface area contributed by atoms with E-state index in [1.807, 2.05) is 13.0 Å². The van der Waals surface area contributed by atoms with Crippen LogP contribution < -0.4 is 0 Å². The third kappa shape index (κ3) is 6.38. The van der Waals surface area contributed by atoms with Crippen LogP contribution in [0.15, 0.2) is 29.4 Å². The average molecular weight is 400 g/mol. The van der Waals surface area contributed by atoms with Gasteiger partial charge < -0.3 is 15.1 Å². The molecule has 0 aliphatic carbocycles. The van der Waals surface area contributed by atoms with Crippen molar-refractivity contribution in [2.75, 3.05) is 6.54 Å². The molecule has 1 aliphatic heterocycles. The number of hydrogen-bond acceptors (Lipinski definition) is 3. The Morgan fingerprint density at radius 1 is 1.21 bits per heavy atom. The van der Waals surface area contributed by atoms with Gasteiger partial charge >= 0.3 is 0 Å². The van der Waals surface area contributed by atoms with Gasteiger partial charge in [0.2, 0.25) is 0 Å². The van der Waals surface area contributed by atoms with Gasteiger partial charge in [-0.1, -0.05) is 43.1 Å². The summed E-state index contributed by atoms with van der Waals surface area (Å²) >= 11 is 0. The minimum atomic E-state index is -0.119. The van der Waals surface area contributed by atoms with Gasteiger partial charge in [-0.2, -0.15) is 0 Å². The molecule has 0 aromatic heterocycles. The lowest BCUT2D eigenvalue weighted by Crippen LogP contribution is -2.16. The van der Waals surface area contributed by atoms with E-state index >= 15 is 0 Å². The summed E-state index contributed by atoms with van der Waals surface area (Å²) in [5, 5.41) is 21.5. The normalized spacial score (nSPS) is 16.1. The van der Waals surface area contributed by atoms with Gasteiger partial charge in [0.05, 0.1) is 5.56 Å². The lowest BCUT2D eigenvalue weighted by atomic mass is 9.94. The third-order valence-electron chi connectivity index (χ3n) is 5.59. The van der Waals surface area contributed by atoms with Crippen LogP contribution in [0.4, 0.5) is 0 Å². The van der Waals surface area contributed by atoms with Gasteiger partial charge in [0.25, 0.3) is 5.91 Å². The fraction of sp³-hybridized carbons (Fsp3) is 0.560. The topological polar surface area (TPSA) is 60.5 Å². The molecular weight excluding hydrogens is 362 g/mol. The van der Waals surface area contributed by atoms with Crippen LogP contribution in [0.25, 0.3) is 0 Å². The highest BCUT2D eigenvalue weighted by Gasteiger charge is 2.37. The summed E-state index contributed by atoms with van der Waals surface area (Å²) in [7, 11) is 0. The van der Waals surface area contributed by atoms with E-state index in [0.717, 1.165) is 44.2 Å². The Morgan fingerprint density at radius 2 is 1.90 bits per heavy atom. The van der Waals surface area contributed by atoms with Crippen molar-refractivity contribution in [3.63, 3.8) is 0 Å². The molecule has 1 amide bonds. The summed E-state index contributed by atoms with van der Waals surface area (Å²) in [5.74, 6) is -0.0845. The molecule has 0 spiro atoms. The second kappa shape index (κ2) is 10.5. The third-order valence-corrected chi connectivity index (χ3v) is 5.59. The Morgan fingerprint density at radius 3 is 2.48 bits per heavy atom. The first kappa shape index (κ1) is 23.1. The van der Waals surface area contributed by atoms with Crippen molar-refractivity contribution in [1.82, 2.24) is 4.90 Å². The maximum Gasteiger partial charge on any atom is 0.258 e. The Labute approximate surface area is 175 Å². The maximum absolute atomic E-state index is 13.0. The molecule has 4 heteroatoms. The van der Waals surface area contributed by atoms with Crippen molar-refractivity contribution >= 4 is 5.91 Å². The summed E-state index contributed by atoms with van der Waals surface area (Å²) in [5.41, 5.74) is 4.10. The van der Waals surface area contributed by atoms with E-state index in [9.17, 15) is 15.0 Å². The van der Waals surface area contributed by atoms with Crippen LogP contribution in [0.1, 0.15) is 88.2 Å². The molecule has 2 rings (SSSR count). The largest absolute Gasteiger partial charge is 0.508 e. The number of hydrogen-bond donors (Lipinski definition) is 2. The molecule has 0 bridgehead atoms. The van der Waals surface area contributed by atoms with Gasteiger partial charge in [-0.15, -0.1) is 0 Å². The lowest BCUT2D eigenvalue weighted by molar-refractivity contribution is 0.0872. The number of benzene rings is 1. The smallest absolute Gasteiger partial charge is 0.258 e. The Kier molecular flexibility index (Phi) is 8.36. The molecule has 1 aliphatic rings. The van der Waals surface area contributed by atoms with Crippen LogP contribution in [-0.2, 0) is 12.8 Å². The number of allylic oxidation sites excluding steroid dienone is 4. The minimum Gasteiger partial charge on any atom is -0.508 e. The Hall–Kier alpha value is -2.23. The zero-order chi connectivity index (χ0) is 21.6. The van der Waals surface area contributed by atoms with E-state index in [1.54, 1.807) is 11.0 Å². The van der Waals surface area contributed by atoms with Crippen LogP contribution in [-0.4, -0.2) is 33.6 Å². The van der Waals surface area contributed by atoms with E-state index in [1.165, 1.54) is 11.1 Å². The first-order valence-electron chi connectivity index (χ1n) is 10.9. The molecule has 0 unspecified atom stereocenters. The van der Waals surface area contributed by atoms with Gasteiger partial charge in [0.15, 0.2) is 0 Å². The van der Waals surface area contributed by atoms with Crippen molar-refractivity contribution in [2.45, 2.75) is 85.6 Å². The zero-order valence-corrected chi connectivity index (χ0v) is 18.7. The maximum atomic E-state index is 13.0. The number of unbranched alkanes of at least 4 members (excludes halogenated alkanes) is 2. The summed E-state index contributed by atoms with van der Waals surface area (Å²) in [6.07, 6.45) is 10.4. The molecule has 1 heterocycles. The van der Waals surface area contributed by atoms with Crippen molar-refractivity contribution in [3.8, 4) is 11.5 Å². The standard InChI is InChI=1S/C25H37NO3/c1-6-7-8-12-20-15-22(27)21(14-13-18(4)11-9-10-17(2)3)24(28)23(20)25(29)26-16-19(26)5/h10,13,15,19,27-28H,6-9,11-12,14,16H2,1-5H3/t19-,26?/m0/s1. The number of amides is 1. The van der Waals surface area contributed by atoms with Crippen LogP contribution in [0.3, 0.4) is 0 Å². The fourth-order valence-corrected chi connectivity index (χ4v) is 3.58. The molecule has 1 fully saturated rings. The number of carbonyl (C=O) groups is 1. The number of carbonyl (C=O) groups excluding carboxylic acids is 1. The second-order valence-corrected chi connectivity index (χ2v) is 8.60. The zero-order valence-electron chi connectivity index (χ0n) is 18.7. The first-order valence-corrected chi connectivity index (χ1v) is 10.9. The Balaban J connectivity index is 2.28. The molecule has 4 nitrogen and oxygen atoms in total. The molecule has 29 heavy (non-hydrogen) atoms. The molecule has 0 radical (unpaired) electrons. The average Bonchev–Trinajstić information content (AvgIpc) is 3.37. The first-order chi connectivity index (χ1) is 13.8. The van der Waals surface area contributed by atoms with Crippen molar-refractivity contribution in [1.29, 1.82) is 0 Å². The monoisotopic (exact) mass is 399 g/mol. The van der Waals surface area contributed by atoms with Gasteiger partial charge in [-0.3, -0.25) is 4.79 Å². The van der Waals surface area contributed by atoms with Gasteiger partial charge in [-0.25, -0.2) is 0 Å². The van der Waals surface area contributed by atoms with Crippen LogP contribution in [0.2, 0.25) is 0 Å². The quantitative estimate of drug-likeness (QED) is 0.292. The van der Waals surface area contributed by atoms with Crippen molar-refractivity contribution in [3.05, 3.63) is 46.1 Å². The number of nitrogens with zero attached hydrogens (tertiary/aromatic N) is 1. The number of rotatable bonds is 10. The van der Waals surface area contributed by atoms with Crippen LogP contribution in [0.5, 0.6) is 11.5 Å². The van der Waals surface area contributed by atoms with Crippen LogP contribution in [0, 0.1) is 0 Å². The molecule has 1 saturated heterocycles. The molecule has 2 N–H and O–H groups in total. The van der Waals surface area contributed by atoms with E-state index < -0.39 is 0 Å². The lowest BCUT2D eigenvalue weighted by Gasteiger charge is -2.16. The fourth-order valence-electron chi connectivity index (χ4n) is 3.58. The van der Waals surface area contributed by atoms with Gasteiger partial charge in [-0.05, 0) is 71.4 Å². The highest BCUT2D eigenvalue weighted by Crippen LogP contribution is 2.37. The highest BCUT2D eigenvalue weighted by atomic mass is 16.3. The molecule has 1 atom stereocenters. The summed E-state index contributed by atoms with van der Waals surface area (Å²) in [4.78, 5) is 14.7. The number of phenols is 2. The van der Waals surface area contributed by atoms with E-state index in [2.05, 4.69) is 33.8 Å². The predicted octanol–water partition coefficient (Wildman–Crippen LogP) is 5.91. The van der Waals surface area contributed by atoms with E-state index in [4.69, 9.17) is 0 Å². The summed E-state index contributed by atoms with van der Waals surface area (Å²) in [6.45, 7) is 11.1. The second-order valence-electron chi connectivity index (χ2n) is 8.60. The number of phenolic OH excluding ortho intramolecular Hbond substituents is 2. The number of aryl methyl sites for hydroxylation is 1. The SMILES string of the molecule is CCCCCc1cc(O)c(CC=C(C)CCC=C(C)C)c(O)c1C(=O)N1C[C@@H]1C. The van der Waals surface area contributed by atoms with Crippen molar-refractivity contribution < 1.29 is 15.0 Å². The van der Waals surface area contributed by atoms with Crippen molar-refractivity contribution in [2.24, 2.45) is 0 Å². The minimum absolute atomic E-state index is 0.0473. The van der Waals surface area contributed by atoms with E-state index in [-0.39, 0.29) is 23.4 Å². The van der Waals surface area contributed by atoms with Gasteiger partial charge in [0.1, 0.15) is 11.5 Å². The summed E-state index contributed by atoms with van der Waals surface area (Å²) in [6, 6.07) is 1.92. The molecule has 160 valence electrons. The summed E-state index contributed by atoms with van der Waals surface area (Å²) < 4.78 is 0. The molecule has 0 saturated carbocycles. The van der Waals surface area contributed by atoms with Crippen LogP contribution >= 0.6 is 0 Å². The predicted molar refractivity (Wildman–Crippen MR) is 120 cm³/mol. The van der Waals surface area contributed by atoms with E-state index in [0.29, 0.717) is 24.0 Å². The van der Waals surface area contributed by atoms with Gasteiger partial charge in [0, 0.05) is 18.2 Å². The molecule has 1 aromatic carbocycles. The number of aromatic hydroxyl groups is 2. The molecule has 1 aromatic rings.